The Morgan fingerprint density at radius 2 is 1.87 bits per heavy atom. The first-order valence-corrected chi connectivity index (χ1v) is 11.0. The molecule has 0 radical (unpaired) electrons. The third-order valence-electron chi connectivity index (χ3n) is 4.57. The predicted molar refractivity (Wildman–Crippen MR) is 110 cm³/mol. The van der Waals surface area contributed by atoms with E-state index in [0.717, 1.165) is 0 Å². The summed E-state index contributed by atoms with van der Waals surface area (Å²) in [5.41, 5.74) is 0.553. The average molecular weight is 444 g/mol. The van der Waals surface area contributed by atoms with E-state index < -0.39 is 38.9 Å². The molecule has 168 valence electrons. The summed E-state index contributed by atoms with van der Waals surface area (Å²) in [5, 5.41) is 2.45. The van der Waals surface area contributed by atoms with Gasteiger partial charge in [-0.15, -0.1) is 0 Å². The maximum Gasteiger partial charge on any atom is 0.334 e. The Labute approximate surface area is 176 Å². The van der Waals surface area contributed by atoms with E-state index in [4.69, 9.17) is 9.47 Å². The first-order chi connectivity index (χ1) is 14.0. The van der Waals surface area contributed by atoms with Crippen LogP contribution in [0.15, 0.2) is 23.1 Å². The molecule has 2 unspecified atom stereocenters. The quantitative estimate of drug-likeness (QED) is 0.286. The number of esters is 1. The van der Waals surface area contributed by atoms with Crippen LogP contribution in [0.5, 0.6) is 0 Å². The molecule has 30 heavy (non-hydrogen) atoms. The van der Waals surface area contributed by atoms with E-state index in [-0.39, 0.29) is 24.5 Å². The van der Waals surface area contributed by atoms with Gasteiger partial charge in [0.05, 0.1) is 12.3 Å². The molecule has 2 N–H and O–H groups in total. The lowest BCUT2D eigenvalue weighted by Crippen LogP contribution is -2.23. The monoisotopic (exact) mass is 443 g/mol. The van der Waals surface area contributed by atoms with Crippen LogP contribution in [0.2, 0.25) is 0 Å². The van der Waals surface area contributed by atoms with Gasteiger partial charge in [0.15, 0.2) is 6.10 Å². The molecule has 0 saturated carbocycles. The molecule has 2 atom stereocenters. The molecule has 9 nitrogen and oxygen atoms in total. The van der Waals surface area contributed by atoms with Gasteiger partial charge in [0, 0.05) is 19.4 Å². The molecule has 0 saturated heterocycles. The van der Waals surface area contributed by atoms with Crippen molar-refractivity contribution >= 4 is 33.5 Å². The van der Waals surface area contributed by atoms with Gasteiger partial charge < -0.3 is 14.8 Å². The highest BCUT2D eigenvalue weighted by atomic mass is 32.2. The van der Waals surface area contributed by atoms with Crippen LogP contribution in [0.1, 0.15) is 45.1 Å². The van der Waals surface area contributed by atoms with Crippen molar-refractivity contribution in [2.24, 2.45) is 5.92 Å². The number of aryl methyl sites for hydroxylation is 1. The van der Waals surface area contributed by atoms with Crippen molar-refractivity contribution in [1.82, 2.24) is 0 Å². The van der Waals surface area contributed by atoms with Gasteiger partial charge in [-0.3, -0.25) is 14.1 Å². The molecule has 1 amide bonds. The number of hydrogen-bond donors (Lipinski definition) is 2. The first kappa shape index (κ1) is 25.7. The number of carbonyl (C=O) groups is 3. The van der Waals surface area contributed by atoms with Crippen molar-refractivity contribution in [3.05, 3.63) is 23.8 Å². The number of methoxy groups -OCH3 is 1. The molecule has 0 aliphatic carbocycles. The van der Waals surface area contributed by atoms with Gasteiger partial charge in [0.1, 0.15) is 10.7 Å². The molecule has 1 aromatic rings. The minimum Gasteiger partial charge on any atom is -0.464 e. The average Bonchev–Trinajstić information content (AvgIpc) is 2.66. The number of ketones is 1. The summed E-state index contributed by atoms with van der Waals surface area (Å²) in [7, 11) is -3.11. The van der Waals surface area contributed by atoms with Crippen molar-refractivity contribution in [3.8, 4) is 0 Å². The number of Topliss-reactive ketones (excluding diaryl/α,β-unsaturated/α-hetero) is 1. The normalized spacial score (nSPS) is 13.4. The van der Waals surface area contributed by atoms with Gasteiger partial charge in [-0.1, -0.05) is 6.07 Å². The predicted octanol–water partition coefficient (Wildman–Crippen LogP) is 2.52. The molecule has 1 rings (SSSR count). The number of amides is 1. The smallest absolute Gasteiger partial charge is 0.334 e. The van der Waals surface area contributed by atoms with Crippen LogP contribution in [0.4, 0.5) is 5.69 Å². The Hall–Kier alpha value is -2.30. The van der Waals surface area contributed by atoms with Crippen LogP contribution >= 0.6 is 0 Å². The topological polar surface area (TPSA) is 136 Å². The number of nitrogens with one attached hydrogen (secondary N) is 1. The second-order valence-electron chi connectivity index (χ2n) is 7.08. The van der Waals surface area contributed by atoms with E-state index in [1.54, 1.807) is 19.9 Å². The van der Waals surface area contributed by atoms with Gasteiger partial charge in [0.2, 0.25) is 5.91 Å². The Balaban J connectivity index is 2.61. The van der Waals surface area contributed by atoms with E-state index in [9.17, 15) is 27.4 Å². The number of ether oxygens (including phenoxy) is 2. The van der Waals surface area contributed by atoms with E-state index >= 15 is 0 Å². The van der Waals surface area contributed by atoms with Gasteiger partial charge in [-0.2, -0.15) is 8.42 Å². The zero-order valence-corrected chi connectivity index (χ0v) is 18.5. The van der Waals surface area contributed by atoms with Crippen molar-refractivity contribution in [2.45, 2.75) is 57.5 Å². The van der Waals surface area contributed by atoms with Crippen LogP contribution < -0.4 is 5.32 Å². The fourth-order valence-electron chi connectivity index (χ4n) is 2.70. The molecule has 0 spiro atoms. The summed E-state index contributed by atoms with van der Waals surface area (Å²) >= 11 is 0. The van der Waals surface area contributed by atoms with Crippen LogP contribution in [-0.4, -0.2) is 50.5 Å². The summed E-state index contributed by atoms with van der Waals surface area (Å²) in [5.74, 6) is -1.73. The number of carbonyl (C=O) groups excluding carboxylic acids is 3. The largest absolute Gasteiger partial charge is 0.464 e. The standard InChI is InChI=1S/C20H29NO8S/c1-13-8-9-17(18(11-13)30(25,26)27)21-19(23)12-16(14(2)22)7-5-6-10-29-20(24)15(3)28-4/h8-9,11,15-16H,5-7,10,12H2,1-4H3,(H,21,23)(H,25,26,27). The molecule has 10 heteroatoms. The summed E-state index contributed by atoms with van der Waals surface area (Å²) in [6, 6.07) is 4.23. The highest BCUT2D eigenvalue weighted by molar-refractivity contribution is 7.86. The molecule has 0 aromatic heterocycles. The zero-order chi connectivity index (χ0) is 22.9. The maximum absolute atomic E-state index is 12.4. The third-order valence-corrected chi connectivity index (χ3v) is 5.47. The second kappa shape index (κ2) is 11.8. The summed E-state index contributed by atoms with van der Waals surface area (Å²) < 4.78 is 42.3. The number of hydrogen-bond acceptors (Lipinski definition) is 7. The zero-order valence-electron chi connectivity index (χ0n) is 17.6. The van der Waals surface area contributed by atoms with Gasteiger partial charge in [0.25, 0.3) is 10.1 Å². The van der Waals surface area contributed by atoms with Crippen LogP contribution in [0.25, 0.3) is 0 Å². The van der Waals surface area contributed by atoms with Crippen molar-refractivity contribution < 1.29 is 36.8 Å². The highest BCUT2D eigenvalue weighted by Gasteiger charge is 2.21. The van der Waals surface area contributed by atoms with E-state index in [1.165, 1.54) is 26.2 Å². The lowest BCUT2D eigenvalue weighted by Gasteiger charge is -2.15. The van der Waals surface area contributed by atoms with E-state index in [0.29, 0.717) is 24.8 Å². The van der Waals surface area contributed by atoms with Crippen LogP contribution in [0.3, 0.4) is 0 Å². The number of unbranched alkanes of at least 4 members (excludes halogenated alkanes) is 1. The summed E-state index contributed by atoms with van der Waals surface area (Å²) in [6.45, 7) is 4.80. The minimum atomic E-state index is -4.51. The minimum absolute atomic E-state index is 0.0467. The fraction of sp³-hybridized carbons (Fsp3) is 0.550. The van der Waals surface area contributed by atoms with Crippen LogP contribution in [0, 0.1) is 12.8 Å². The molecular weight excluding hydrogens is 414 g/mol. The van der Waals surface area contributed by atoms with E-state index in [2.05, 4.69) is 5.32 Å². The molecule has 0 bridgehead atoms. The second-order valence-corrected chi connectivity index (χ2v) is 8.47. The Morgan fingerprint density at radius 3 is 2.43 bits per heavy atom. The van der Waals surface area contributed by atoms with E-state index in [1.807, 2.05) is 0 Å². The van der Waals surface area contributed by atoms with Crippen molar-refractivity contribution in [2.75, 3.05) is 19.0 Å². The van der Waals surface area contributed by atoms with Crippen molar-refractivity contribution in [3.63, 3.8) is 0 Å². The molecule has 0 aliphatic rings. The molecule has 0 fully saturated rings. The number of benzene rings is 1. The number of rotatable bonds is 12. The Kier molecular flexibility index (Phi) is 10.1. The molecule has 1 aromatic carbocycles. The molecule has 0 heterocycles. The summed E-state index contributed by atoms with van der Waals surface area (Å²) in [4.78, 5) is 35.3. The highest BCUT2D eigenvalue weighted by Crippen LogP contribution is 2.23. The fourth-order valence-corrected chi connectivity index (χ4v) is 3.43. The van der Waals surface area contributed by atoms with Gasteiger partial charge in [-0.25, -0.2) is 4.79 Å². The van der Waals surface area contributed by atoms with Gasteiger partial charge in [-0.05, 0) is 57.7 Å². The maximum atomic E-state index is 12.4. The lowest BCUT2D eigenvalue weighted by atomic mass is 9.94. The van der Waals surface area contributed by atoms with Crippen molar-refractivity contribution in [1.29, 1.82) is 0 Å². The lowest BCUT2D eigenvalue weighted by molar-refractivity contribution is -0.154. The van der Waals surface area contributed by atoms with Gasteiger partial charge >= 0.3 is 5.97 Å². The SMILES string of the molecule is COC(C)C(=O)OCCCCC(CC(=O)Nc1ccc(C)cc1S(=O)(=O)O)C(C)=O. The number of anilines is 1. The summed E-state index contributed by atoms with van der Waals surface area (Å²) in [6.07, 6.45) is 0.729. The first-order valence-electron chi connectivity index (χ1n) is 9.53. The third kappa shape index (κ3) is 8.60. The Bertz CT molecular complexity index is 866. The van der Waals surface area contributed by atoms with Crippen LogP contribution in [-0.2, 0) is 34.0 Å². The molecule has 0 aliphatic heterocycles. The Morgan fingerprint density at radius 1 is 1.20 bits per heavy atom. The molecular formula is C20H29NO8S.